The minimum Gasteiger partial charge on any atom is -0.476 e. The van der Waals surface area contributed by atoms with Crippen molar-refractivity contribution >= 4 is 11.7 Å². The van der Waals surface area contributed by atoms with Crippen LogP contribution >= 0.6 is 0 Å². The molecule has 1 N–H and O–H groups in total. The fraction of sp³-hybridized carbons (Fsp3) is 0.625. The summed E-state index contributed by atoms with van der Waals surface area (Å²) in [4.78, 5) is 26.3. The smallest absolute Gasteiger partial charge is 0.406 e. The molecule has 0 radical (unpaired) electrons. The molecule has 7 heteroatoms. The number of aryl methyl sites for hydroxylation is 1. The van der Waals surface area contributed by atoms with Crippen LogP contribution in [0.5, 0.6) is 5.75 Å². The molecule has 0 aromatic carbocycles. The number of carbonyl (C=O) groups is 1. The number of rotatable bonds is 5. The number of hydrogen-bond acceptors (Lipinski definition) is 5. The van der Waals surface area contributed by atoms with Crippen LogP contribution in [0.15, 0.2) is 12.1 Å². The molecular formula is C16H23N3O4. The molecule has 1 aliphatic rings. The molecule has 1 aromatic rings. The van der Waals surface area contributed by atoms with E-state index in [1.807, 2.05) is 0 Å². The summed E-state index contributed by atoms with van der Waals surface area (Å²) >= 11 is 0. The zero-order chi connectivity index (χ0) is 17.0. The Morgan fingerprint density at radius 3 is 2.87 bits per heavy atom. The summed E-state index contributed by atoms with van der Waals surface area (Å²) in [5, 5.41) is 14.0. The maximum absolute atomic E-state index is 12.1. The van der Waals surface area contributed by atoms with Crippen molar-refractivity contribution in [3.05, 3.63) is 27.9 Å². The third-order valence-electron chi connectivity index (χ3n) is 4.56. The van der Waals surface area contributed by atoms with Crippen molar-refractivity contribution in [2.75, 3.05) is 6.61 Å². The first-order chi connectivity index (χ1) is 10.9. The van der Waals surface area contributed by atoms with Gasteiger partial charge < -0.3 is 20.2 Å². The molecular weight excluding hydrogens is 298 g/mol. The summed E-state index contributed by atoms with van der Waals surface area (Å²) in [6.45, 7) is 5.75. The topological polar surface area (TPSA) is 94.4 Å². The van der Waals surface area contributed by atoms with Gasteiger partial charge in [-0.15, -0.1) is 0 Å². The van der Waals surface area contributed by atoms with Crippen molar-refractivity contribution < 1.29 is 14.5 Å². The van der Waals surface area contributed by atoms with Gasteiger partial charge in [-0.05, 0) is 40.3 Å². The number of amides is 1. The van der Waals surface area contributed by atoms with Gasteiger partial charge in [0.1, 0.15) is 5.69 Å². The zero-order valence-corrected chi connectivity index (χ0v) is 13.7. The van der Waals surface area contributed by atoms with Gasteiger partial charge in [0.15, 0.2) is 6.61 Å². The second-order valence-electron chi connectivity index (χ2n) is 6.26. The van der Waals surface area contributed by atoms with E-state index in [2.05, 4.69) is 24.1 Å². The predicted octanol–water partition coefficient (Wildman–Crippen LogP) is 2.62. The van der Waals surface area contributed by atoms with Crippen LogP contribution in [0.3, 0.4) is 0 Å². The Kier molecular flexibility index (Phi) is 5.52. The second-order valence-corrected chi connectivity index (χ2v) is 6.26. The third kappa shape index (κ3) is 4.40. The van der Waals surface area contributed by atoms with Gasteiger partial charge in [0.05, 0.1) is 0 Å². The Balaban J connectivity index is 1.93. The van der Waals surface area contributed by atoms with Gasteiger partial charge in [-0.1, -0.05) is 26.7 Å². The largest absolute Gasteiger partial charge is 0.476 e. The molecule has 23 heavy (non-hydrogen) atoms. The van der Waals surface area contributed by atoms with E-state index in [0.29, 0.717) is 17.5 Å². The lowest BCUT2D eigenvalue weighted by Crippen LogP contribution is -2.45. The highest BCUT2D eigenvalue weighted by Gasteiger charge is 2.28. The van der Waals surface area contributed by atoms with Gasteiger partial charge >= 0.3 is 5.82 Å². The molecule has 3 atom stereocenters. The van der Waals surface area contributed by atoms with E-state index in [1.54, 1.807) is 13.0 Å². The highest BCUT2D eigenvalue weighted by Crippen LogP contribution is 2.29. The van der Waals surface area contributed by atoms with Gasteiger partial charge in [0, 0.05) is 13.0 Å². The Morgan fingerprint density at radius 2 is 2.17 bits per heavy atom. The van der Waals surface area contributed by atoms with Crippen LogP contribution < -0.4 is 10.1 Å². The molecule has 0 unspecified atom stereocenters. The molecule has 1 heterocycles. The van der Waals surface area contributed by atoms with E-state index in [-0.39, 0.29) is 30.1 Å². The fourth-order valence-electron chi connectivity index (χ4n) is 2.95. The van der Waals surface area contributed by atoms with Gasteiger partial charge in [0.2, 0.25) is 5.75 Å². The SMILES string of the molecule is Cc1ccc(OCC(=O)N[C@@H]2CCC[C@@H](C)[C@@H]2C)c([N+](=O)[O-])n1. The van der Waals surface area contributed by atoms with Crippen LogP contribution in [0.25, 0.3) is 0 Å². The quantitative estimate of drug-likeness (QED) is 0.664. The van der Waals surface area contributed by atoms with Gasteiger partial charge in [-0.25, -0.2) is 0 Å². The molecule has 1 saturated carbocycles. The lowest BCUT2D eigenvalue weighted by Gasteiger charge is -2.34. The van der Waals surface area contributed by atoms with E-state index in [1.165, 1.54) is 12.5 Å². The summed E-state index contributed by atoms with van der Waals surface area (Å²) in [6, 6.07) is 3.23. The van der Waals surface area contributed by atoms with E-state index in [9.17, 15) is 14.9 Å². The number of nitrogens with one attached hydrogen (secondary N) is 1. The second kappa shape index (κ2) is 7.39. The van der Waals surface area contributed by atoms with Crippen molar-refractivity contribution in [2.45, 2.75) is 46.1 Å². The van der Waals surface area contributed by atoms with Crippen molar-refractivity contribution in [2.24, 2.45) is 11.8 Å². The molecule has 0 bridgehead atoms. The lowest BCUT2D eigenvalue weighted by molar-refractivity contribution is -0.390. The average molecular weight is 321 g/mol. The number of aromatic nitrogens is 1. The standard InChI is InChI=1S/C16H23N3O4/c1-10-5-4-6-13(12(10)3)18-15(20)9-23-14-8-7-11(2)17-16(14)19(21)22/h7-8,10,12-13H,4-6,9H2,1-3H3,(H,18,20)/t10-,12+,13-/m1/s1. The highest BCUT2D eigenvalue weighted by molar-refractivity contribution is 5.78. The fourth-order valence-corrected chi connectivity index (χ4v) is 2.95. The molecule has 126 valence electrons. The van der Waals surface area contributed by atoms with Crippen molar-refractivity contribution in [1.82, 2.24) is 10.3 Å². The number of nitro groups is 1. The maximum Gasteiger partial charge on any atom is 0.406 e. The summed E-state index contributed by atoms with van der Waals surface area (Å²) in [7, 11) is 0. The molecule has 7 nitrogen and oxygen atoms in total. The summed E-state index contributed by atoms with van der Waals surface area (Å²) in [6.07, 6.45) is 3.25. The predicted molar refractivity (Wildman–Crippen MR) is 85.2 cm³/mol. The number of pyridine rings is 1. The van der Waals surface area contributed by atoms with Crippen LogP contribution in [0.4, 0.5) is 5.82 Å². The minimum absolute atomic E-state index is 0.0146. The Labute approximate surface area is 135 Å². The maximum atomic E-state index is 12.1. The molecule has 0 aliphatic heterocycles. The van der Waals surface area contributed by atoms with Crippen LogP contribution in [0.1, 0.15) is 38.8 Å². The monoisotopic (exact) mass is 321 g/mol. The molecule has 1 fully saturated rings. The van der Waals surface area contributed by atoms with E-state index < -0.39 is 4.92 Å². The first-order valence-electron chi connectivity index (χ1n) is 7.92. The lowest BCUT2D eigenvalue weighted by atomic mass is 9.78. The van der Waals surface area contributed by atoms with Gasteiger partial charge in [0.25, 0.3) is 5.91 Å². The molecule has 0 saturated heterocycles. The summed E-state index contributed by atoms with van der Waals surface area (Å²) < 4.78 is 5.30. The van der Waals surface area contributed by atoms with Crippen LogP contribution in [0, 0.1) is 28.9 Å². The first kappa shape index (κ1) is 17.2. The zero-order valence-electron chi connectivity index (χ0n) is 13.7. The van der Waals surface area contributed by atoms with E-state index >= 15 is 0 Å². The van der Waals surface area contributed by atoms with Crippen molar-refractivity contribution in [1.29, 1.82) is 0 Å². The number of nitrogens with zero attached hydrogens (tertiary/aromatic N) is 2. The molecule has 1 amide bonds. The number of ether oxygens (including phenoxy) is 1. The Bertz CT molecular complexity index is 591. The summed E-state index contributed by atoms with van der Waals surface area (Å²) in [5.74, 6) is 0.393. The van der Waals surface area contributed by atoms with Crippen LogP contribution in [0.2, 0.25) is 0 Å². The highest BCUT2D eigenvalue weighted by atomic mass is 16.6. The first-order valence-corrected chi connectivity index (χ1v) is 7.92. The molecule has 1 aromatic heterocycles. The summed E-state index contributed by atoms with van der Waals surface area (Å²) in [5.41, 5.74) is 0.526. The number of hydrogen-bond donors (Lipinski definition) is 1. The van der Waals surface area contributed by atoms with Gasteiger partial charge in [-0.3, -0.25) is 4.79 Å². The van der Waals surface area contributed by atoms with Crippen molar-refractivity contribution in [3.63, 3.8) is 0 Å². The normalized spacial score (nSPS) is 24.0. The molecule has 2 rings (SSSR count). The van der Waals surface area contributed by atoms with Crippen molar-refractivity contribution in [3.8, 4) is 5.75 Å². The molecule has 1 aliphatic carbocycles. The minimum atomic E-state index is -0.606. The number of carbonyl (C=O) groups excluding carboxylic acids is 1. The van der Waals surface area contributed by atoms with Crippen LogP contribution in [-0.4, -0.2) is 28.5 Å². The van der Waals surface area contributed by atoms with E-state index in [0.717, 1.165) is 12.8 Å². The van der Waals surface area contributed by atoms with E-state index in [4.69, 9.17) is 4.74 Å². The van der Waals surface area contributed by atoms with Gasteiger partial charge in [-0.2, -0.15) is 0 Å². The Hall–Kier alpha value is -2.18. The Morgan fingerprint density at radius 1 is 1.43 bits per heavy atom. The molecule has 0 spiro atoms. The third-order valence-corrected chi connectivity index (χ3v) is 4.56. The van der Waals surface area contributed by atoms with Crippen LogP contribution in [-0.2, 0) is 4.79 Å². The average Bonchev–Trinajstić information content (AvgIpc) is 2.50.